The number of carbonyl (C=O) groups excluding carboxylic acids is 1. The van der Waals surface area contributed by atoms with Crippen molar-refractivity contribution in [3.8, 4) is 0 Å². The van der Waals surface area contributed by atoms with E-state index in [0.717, 1.165) is 17.7 Å². The summed E-state index contributed by atoms with van der Waals surface area (Å²) in [5.74, 6) is -1.09. The van der Waals surface area contributed by atoms with Crippen LogP contribution in [0.15, 0.2) is 42.5 Å². The molecular formula is C20H20F4N2O2. The fourth-order valence-corrected chi connectivity index (χ4v) is 3.20. The second kappa shape index (κ2) is 8.28. The maximum absolute atomic E-state index is 13.6. The molecule has 1 fully saturated rings. The zero-order valence-corrected chi connectivity index (χ0v) is 15.2. The highest BCUT2D eigenvalue weighted by atomic mass is 19.4. The second-order valence-electron chi connectivity index (χ2n) is 6.64. The van der Waals surface area contributed by atoms with Crippen LogP contribution in [0.2, 0.25) is 0 Å². The molecule has 1 heterocycles. The summed E-state index contributed by atoms with van der Waals surface area (Å²) in [4.78, 5) is 13.5. The number of ether oxygens (including phenoxy) is 1. The van der Waals surface area contributed by atoms with Gasteiger partial charge in [0.25, 0.3) is 5.91 Å². The topological polar surface area (TPSA) is 41.6 Å². The van der Waals surface area contributed by atoms with Crippen LogP contribution in [-0.2, 0) is 17.5 Å². The Morgan fingerprint density at radius 3 is 2.57 bits per heavy atom. The molecule has 4 nitrogen and oxygen atoms in total. The number of benzene rings is 2. The van der Waals surface area contributed by atoms with Crippen LogP contribution in [0.4, 0.5) is 17.6 Å². The van der Waals surface area contributed by atoms with Crippen molar-refractivity contribution in [2.45, 2.75) is 18.8 Å². The van der Waals surface area contributed by atoms with E-state index in [0.29, 0.717) is 31.3 Å². The predicted octanol–water partition coefficient (Wildman–Crippen LogP) is 3.78. The number of nitrogens with zero attached hydrogens (tertiary/aromatic N) is 1. The smallest absolute Gasteiger partial charge is 0.371 e. The predicted molar refractivity (Wildman–Crippen MR) is 95.2 cm³/mol. The number of nitrogens with one attached hydrogen (secondary N) is 1. The van der Waals surface area contributed by atoms with E-state index >= 15 is 0 Å². The second-order valence-corrected chi connectivity index (χ2v) is 6.64. The van der Waals surface area contributed by atoms with E-state index in [-0.39, 0.29) is 24.1 Å². The number of hydrogen-bond acceptors (Lipinski definition) is 3. The van der Waals surface area contributed by atoms with Crippen molar-refractivity contribution < 1.29 is 27.1 Å². The largest absolute Gasteiger partial charge is 0.416 e. The minimum atomic E-state index is -4.59. The normalized spacial score (nSPS) is 18.1. The molecule has 150 valence electrons. The van der Waals surface area contributed by atoms with Gasteiger partial charge in [-0.05, 0) is 41.5 Å². The minimum absolute atomic E-state index is 0.190. The molecule has 0 radical (unpaired) electrons. The first-order valence-corrected chi connectivity index (χ1v) is 8.79. The van der Waals surface area contributed by atoms with Gasteiger partial charge in [0.1, 0.15) is 5.82 Å². The van der Waals surface area contributed by atoms with Gasteiger partial charge in [-0.3, -0.25) is 9.69 Å². The van der Waals surface area contributed by atoms with Gasteiger partial charge in [-0.1, -0.05) is 12.1 Å². The van der Waals surface area contributed by atoms with Crippen molar-refractivity contribution in [3.05, 3.63) is 70.5 Å². The standard InChI is InChI=1S/C20H20F4N2O2/c1-25-19(27)15-4-2-14(3-5-15)18-12-26(6-7-28-18)11-13-8-16(20(22,23)24)10-17(21)9-13/h2-5,8-10,18H,6-7,11-12H2,1H3,(H,25,27)/t18-/m0/s1. The molecule has 1 saturated heterocycles. The number of carbonyl (C=O) groups is 1. The molecule has 3 rings (SSSR count). The molecule has 0 spiro atoms. The molecule has 2 aromatic carbocycles. The van der Waals surface area contributed by atoms with Crippen molar-refractivity contribution in [3.63, 3.8) is 0 Å². The zero-order chi connectivity index (χ0) is 20.3. The first-order chi connectivity index (χ1) is 13.3. The summed E-state index contributed by atoms with van der Waals surface area (Å²) >= 11 is 0. The van der Waals surface area contributed by atoms with Crippen molar-refractivity contribution in [2.24, 2.45) is 0 Å². The van der Waals surface area contributed by atoms with E-state index in [1.165, 1.54) is 0 Å². The maximum Gasteiger partial charge on any atom is 0.416 e. The van der Waals surface area contributed by atoms with Crippen molar-refractivity contribution in [1.29, 1.82) is 0 Å². The third-order valence-electron chi connectivity index (χ3n) is 4.61. The zero-order valence-electron chi connectivity index (χ0n) is 15.2. The molecular weight excluding hydrogens is 376 g/mol. The Kier molecular flexibility index (Phi) is 6.00. The average molecular weight is 396 g/mol. The SMILES string of the molecule is CNC(=O)c1ccc([C@@H]2CN(Cc3cc(F)cc(C(F)(F)F)c3)CCO2)cc1. The Hall–Kier alpha value is -2.45. The number of alkyl halides is 3. The number of halogens is 4. The van der Waals surface area contributed by atoms with Gasteiger partial charge >= 0.3 is 6.18 Å². The molecule has 0 unspecified atom stereocenters. The first-order valence-electron chi connectivity index (χ1n) is 8.79. The molecule has 0 saturated carbocycles. The van der Waals surface area contributed by atoms with Crippen molar-refractivity contribution >= 4 is 5.91 Å². The van der Waals surface area contributed by atoms with Gasteiger partial charge in [-0.15, -0.1) is 0 Å². The molecule has 1 aliphatic rings. The minimum Gasteiger partial charge on any atom is -0.371 e. The van der Waals surface area contributed by atoms with Crippen LogP contribution in [0.1, 0.15) is 33.2 Å². The molecule has 28 heavy (non-hydrogen) atoms. The molecule has 1 amide bonds. The lowest BCUT2D eigenvalue weighted by Gasteiger charge is -2.33. The van der Waals surface area contributed by atoms with Gasteiger partial charge in [0, 0.05) is 32.2 Å². The van der Waals surface area contributed by atoms with Crippen LogP contribution >= 0.6 is 0 Å². The molecule has 8 heteroatoms. The van der Waals surface area contributed by atoms with Crippen LogP contribution in [0.5, 0.6) is 0 Å². The Labute approximate surface area is 160 Å². The third-order valence-corrected chi connectivity index (χ3v) is 4.61. The van der Waals surface area contributed by atoms with Crippen molar-refractivity contribution in [2.75, 3.05) is 26.7 Å². The van der Waals surface area contributed by atoms with E-state index in [2.05, 4.69) is 5.32 Å². The van der Waals surface area contributed by atoms with Crippen LogP contribution in [0.25, 0.3) is 0 Å². The quantitative estimate of drug-likeness (QED) is 0.800. The number of amides is 1. The molecule has 0 aliphatic carbocycles. The summed E-state index contributed by atoms with van der Waals surface area (Å²) in [5.41, 5.74) is 0.672. The fraction of sp³-hybridized carbons (Fsp3) is 0.350. The third kappa shape index (κ3) is 4.88. The fourth-order valence-electron chi connectivity index (χ4n) is 3.20. The van der Waals surface area contributed by atoms with Gasteiger partial charge in [-0.25, -0.2) is 4.39 Å². The molecule has 0 bridgehead atoms. The monoisotopic (exact) mass is 396 g/mol. The van der Waals surface area contributed by atoms with E-state index in [9.17, 15) is 22.4 Å². The van der Waals surface area contributed by atoms with Crippen LogP contribution < -0.4 is 5.32 Å². The van der Waals surface area contributed by atoms with E-state index in [1.807, 2.05) is 4.90 Å². The number of rotatable bonds is 4. The number of hydrogen-bond donors (Lipinski definition) is 1. The highest BCUT2D eigenvalue weighted by molar-refractivity contribution is 5.93. The lowest BCUT2D eigenvalue weighted by molar-refractivity contribution is -0.137. The Balaban J connectivity index is 1.70. The van der Waals surface area contributed by atoms with Gasteiger partial charge in [0.2, 0.25) is 0 Å². The van der Waals surface area contributed by atoms with Crippen LogP contribution in [-0.4, -0.2) is 37.6 Å². The summed E-state index contributed by atoms with van der Waals surface area (Å²) in [6, 6.07) is 9.58. The van der Waals surface area contributed by atoms with Gasteiger partial charge < -0.3 is 10.1 Å². The lowest BCUT2D eigenvalue weighted by Crippen LogP contribution is -2.37. The highest BCUT2D eigenvalue weighted by Crippen LogP contribution is 2.31. The lowest BCUT2D eigenvalue weighted by atomic mass is 10.0. The van der Waals surface area contributed by atoms with Crippen molar-refractivity contribution in [1.82, 2.24) is 10.2 Å². The average Bonchev–Trinajstić information content (AvgIpc) is 2.66. The van der Waals surface area contributed by atoms with E-state index in [4.69, 9.17) is 4.74 Å². The van der Waals surface area contributed by atoms with Gasteiger partial charge in [0.15, 0.2) is 0 Å². The number of morpholine rings is 1. The molecule has 1 atom stereocenters. The highest BCUT2D eigenvalue weighted by Gasteiger charge is 2.31. The summed E-state index contributed by atoms with van der Waals surface area (Å²) in [6.07, 6.45) is -4.86. The molecule has 1 N–H and O–H groups in total. The van der Waals surface area contributed by atoms with E-state index < -0.39 is 17.6 Å². The summed E-state index contributed by atoms with van der Waals surface area (Å²) in [6.45, 7) is 1.59. The summed E-state index contributed by atoms with van der Waals surface area (Å²) in [5, 5.41) is 2.55. The summed E-state index contributed by atoms with van der Waals surface area (Å²) in [7, 11) is 1.55. The maximum atomic E-state index is 13.6. The first kappa shape index (κ1) is 20.3. The molecule has 0 aromatic heterocycles. The van der Waals surface area contributed by atoms with E-state index in [1.54, 1.807) is 31.3 Å². The molecule has 2 aromatic rings. The van der Waals surface area contributed by atoms with Gasteiger partial charge in [0.05, 0.1) is 18.3 Å². The van der Waals surface area contributed by atoms with Crippen LogP contribution in [0.3, 0.4) is 0 Å². The Morgan fingerprint density at radius 2 is 1.93 bits per heavy atom. The van der Waals surface area contributed by atoms with Gasteiger partial charge in [-0.2, -0.15) is 13.2 Å². The Bertz CT molecular complexity index is 837. The summed E-state index contributed by atoms with van der Waals surface area (Å²) < 4.78 is 58.1. The van der Waals surface area contributed by atoms with Crippen LogP contribution in [0, 0.1) is 5.82 Å². The molecule has 1 aliphatic heterocycles. The Morgan fingerprint density at radius 1 is 1.21 bits per heavy atom.